The molecule has 1 aliphatic heterocycles. The predicted molar refractivity (Wildman–Crippen MR) is 113 cm³/mol. The highest BCUT2D eigenvalue weighted by atomic mass is 35.5. The number of halogens is 2. The molecule has 1 aromatic carbocycles. The summed E-state index contributed by atoms with van der Waals surface area (Å²) in [4.78, 5) is 28.2. The van der Waals surface area contributed by atoms with Crippen molar-refractivity contribution in [2.75, 3.05) is 13.1 Å². The SMILES string of the molecule is CC1CN(Cc2c(Cl)ccc(C(=O)c3c(C4CC4)[nH]n(C)c3=O)c2Cl)CC(C)O1. The number of hydrogen-bond acceptors (Lipinski definition) is 4. The molecule has 2 atom stereocenters. The van der Waals surface area contributed by atoms with Gasteiger partial charge in [0.1, 0.15) is 5.56 Å². The van der Waals surface area contributed by atoms with E-state index < -0.39 is 0 Å². The zero-order valence-corrected chi connectivity index (χ0v) is 18.3. The highest BCUT2D eigenvalue weighted by molar-refractivity contribution is 6.38. The number of rotatable bonds is 5. The maximum absolute atomic E-state index is 13.3. The summed E-state index contributed by atoms with van der Waals surface area (Å²) in [6.07, 6.45) is 2.19. The summed E-state index contributed by atoms with van der Waals surface area (Å²) in [5, 5.41) is 3.87. The summed E-state index contributed by atoms with van der Waals surface area (Å²) in [6, 6.07) is 3.31. The van der Waals surface area contributed by atoms with E-state index in [0.717, 1.165) is 25.9 Å². The van der Waals surface area contributed by atoms with Gasteiger partial charge in [-0.1, -0.05) is 23.2 Å². The first-order valence-electron chi connectivity index (χ1n) is 9.94. The summed E-state index contributed by atoms with van der Waals surface area (Å²) >= 11 is 13.1. The quantitative estimate of drug-likeness (QED) is 0.723. The fraction of sp³-hybridized carbons (Fsp3) is 0.524. The van der Waals surface area contributed by atoms with Crippen molar-refractivity contribution in [2.45, 2.75) is 51.4 Å². The lowest BCUT2D eigenvalue weighted by Gasteiger charge is -2.35. The lowest BCUT2D eigenvalue weighted by molar-refractivity contribution is -0.0704. The average molecular weight is 438 g/mol. The number of ketones is 1. The van der Waals surface area contributed by atoms with Crippen LogP contribution in [0, 0.1) is 0 Å². The van der Waals surface area contributed by atoms with Crippen molar-refractivity contribution in [2.24, 2.45) is 7.05 Å². The minimum atomic E-state index is -0.347. The van der Waals surface area contributed by atoms with Gasteiger partial charge >= 0.3 is 0 Å². The molecule has 0 amide bonds. The minimum absolute atomic E-state index is 0.116. The van der Waals surface area contributed by atoms with Crippen LogP contribution in [-0.4, -0.2) is 45.8 Å². The van der Waals surface area contributed by atoms with Crippen molar-refractivity contribution in [1.82, 2.24) is 14.7 Å². The maximum atomic E-state index is 13.3. The van der Waals surface area contributed by atoms with Crippen molar-refractivity contribution in [3.8, 4) is 0 Å². The Balaban J connectivity index is 1.68. The molecule has 2 aliphatic rings. The van der Waals surface area contributed by atoms with E-state index >= 15 is 0 Å². The van der Waals surface area contributed by atoms with Gasteiger partial charge in [-0.3, -0.25) is 24.3 Å². The monoisotopic (exact) mass is 437 g/mol. The van der Waals surface area contributed by atoms with E-state index in [1.54, 1.807) is 19.2 Å². The lowest BCUT2D eigenvalue weighted by atomic mass is 9.99. The minimum Gasteiger partial charge on any atom is -0.373 e. The van der Waals surface area contributed by atoms with Gasteiger partial charge in [-0.15, -0.1) is 0 Å². The fourth-order valence-electron chi connectivity index (χ4n) is 4.15. The number of carbonyl (C=O) groups excluding carboxylic acids is 1. The summed E-state index contributed by atoms with van der Waals surface area (Å²) in [6.45, 7) is 6.12. The normalized spacial score (nSPS) is 22.8. The second-order valence-corrected chi connectivity index (χ2v) is 8.99. The first kappa shape index (κ1) is 20.7. The van der Waals surface area contributed by atoms with Crippen LogP contribution < -0.4 is 5.56 Å². The summed E-state index contributed by atoms with van der Waals surface area (Å²) in [7, 11) is 1.63. The van der Waals surface area contributed by atoms with Gasteiger partial charge in [0.15, 0.2) is 0 Å². The van der Waals surface area contributed by atoms with Crippen molar-refractivity contribution in [1.29, 1.82) is 0 Å². The van der Waals surface area contributed by atoms with Crippen molar-refractivity contribution >= 4 is 29.0 Å². The largest absolute Gasteiger partial charge is 0.373 e. The van der Waals surface area contributed by atoms with E-state index in [4.69, 9.17) is 27.9 Å². The van der Waals surface area contributed by atoms with Crippen LogP contribution >= 0.6 is 23.2 Å². The molecule has 1 saturated carbocycles. The van der Waals surface area contributed by atoms with Gasteiger partial charge < -0.3 is 4.74 Å². The van der Waals surface area contributed by atoms with Crippen molar-refractivity contribution < 1.29 is 9.53 Å². The predicted octanol–water partition coefficient (Wildman–Crippen LogP) is 3.74. The third-order valence-electron chi connectivity index (χ3n) is 5.60. The third kappa shape index (κ3) is 4.04. The molecule has 1 aromatic heterocycles. The fourth-order valence-corrected chi connectivity index (χ4v) is 4.72. The smallest absolute Gasteiger partial charge is 0.277 e. The van der Waals surface area contributed by atoms with E-state index in [9.17, 15) is 9.59 Å². The molecule has 29 heavy (non-hydrogen) atoms. The first-order valence-corrected chi connectivity index (χ1v) is 10.7. The maximum Gasteiger partial charge on any atom is 0.277 e. The molecule has 0 bridgehead atoms. The van der Waals surface area contributed by atoms with Crippen LogP contribution in [0.25, 0.3) is 0 Å². The molecule has 8 heteroatoms. The number of H-pyrrole nitrogens is 1. The molecule has 2 aromatic rings. The van der Waals surface area contributed by atoms with Crippen LogP contribution in [0.1, 0.15) is 59.8 Å². The second-order valence-electron chi connectivity index (χ2n) is 8.21. The van der Waals surface area contributed by atoms with Crippen LogP contribution in [0.3, 0.4) is 0 Å². The zero-order chi connectivity index (χ0) is 20.9. The standard InChI is InChI=1S/C21H25Cl2N3O3/c1-11-8-26(9-12(2)29-11)10-15-16(22)7-6-14(18(15)23)20(27)17-19(13-4-5-13)24-25(3)21(17)28/h6-7,11-13,24H,4-5,8-10H2,1-3H3. The molecule has 2 unspecified atom stereocenters. The number of hydrogen-bond donors (Lipinski definition) is 1. The highest BCUT2D eigenvalue weighted by Gasteiger charge is 2.34. The zero-order valence-electron chi connectivity index (χ0n) is 16.8. The molecule has 2 heterocycles. The Bertz CT molecular complexity index is 999. The number of nitrogens with zero attached hydrogens (tertiary/aromatic N) is 2. The molecule has 156 valence electrons. The summed E-state index contributed by atoms with van der Waals surface area (Å²) in [5.41, 5.74) is 1.62. The van der Waals surface area contributed by atoms with Crippen LogP contribution in [0.2, 0.25) is 10.0 Å². The van der Waals surface area contributed by atoms with Gasteiger partial charge in [-0.2, -0.15) is 0 Å². The molecular formula is C21H25Cl2N3O3. The number of aromatic amines is 1. The summed E-state index contributed by atoms with van der Waals surface area (Å²) < 4.78 is 7.15. The Morgan fingerprint density at radius 3 is 2.48 bits per heavy atom. The number of aryl methyl sites for hydroxylation is 1. The number of ether oxygens (including phenoxy) is 1. The molecule has 2 fully saturated rings. The van der Waals surface area contributed by atoms with Gasteiger partial charge in [0.25, 0.3) is 5.56 Å². The van der Waals surface area contributed by atoms with Crippen LogP contribution in [0.15, 0.2) is 16.9 Å². The molecule has 0 radical (unpaired) electrons. The molecule has 0 spiro atoms. The molecule has 1 N–H and O–H groups in total. The Kier molecular flexibility index (Phi) is 5.64. The number of carbonyl (C=O) groups is 1. The molecule has 1 saturated heterocycles. The second kappa shape index (κ2) is 7.91. The third-order valence-corrected chi connectivity index (χ3v) is 6.38. The van der Waals surface area contributed by atoms with Crippen LogP contribution in [0.5, 0.6) is 0 Å². The van der Waals surface area contributed by atoms with E-state index in [1.807, 2.05) is 13.8 Å². The Morgan fingerprint density at radius 2 is 1.86 bits per heavy atom. The van der Waals surface area contributed by atoms with E-state index in [0.29, 0.717) is 33.4 Å². The summed E-state index contributed by atoms with van der Waals surface area (Å²) in [5.74, 6) is -0.106. The van der Waals surface area contributed by atoms with Crippen LogP contribution in [-0.2, 0) is 18.3 Å². The Morgan fingerprint density at radius 1 is 1.21 bits per heavy atom. The molecular weight excluding hydrogens is 413 g/mol. The average Bonchev–Trinajstić information content (AvgIpc) is 3.44. The topological polar surface area (TPSA) is 67.3 Å². The molecule has 6 nitrogen and oxygen atoms in total. The van der Waals surface area contributed by atoms with Gasteiger partial charge in [-0.05, 0) is 38.8 Å². The molecule has 1 aliphatic carbocycles. The Labute approximate surface area is 179 Å². The van der Waals surface area contributed by atoms with Gasteiger partial charge in [0.05, 0.1) is 22.9 Å². The first-order chi connectivity index (χ1) is 13.8. The van der Waals surface area contributed by atoms with Gasteiger partial charge in [-0.25, -0.2) is 0 Å². The van der Waals surface area contributed by atoms with Crippen LogP contribution in [0.4, 0.5) is 0 Å². The van der Waals surface area contributed by atoms with Crippen molar-refractivity contribution in [3.05, 3.63) is 54.9 Å². The molecule has 4 rings (SSSR count). The van der Waals surface area contributed by atoms with E-state index in [-0.39, 0.29) is 35.0 Å². The van der Waals surface area contributed by atoms with E-state index in [1.165, 1.54) is 4.68 Å². The highest BCUT2D eigenvalue weighted by Crippen LogP contribution is 2.41. The number of aromatic nitrogens is 2. The number of benzene rings is 1. The lowest BCUT2D eigenvalue weighted by Crippen LogP contribution is -2.44. The number of morpholine rings is 1. The number of nitrogens with one attached hydrogen (secondary N) is 1. The van der Waals surface area contributed by atoms with Gasteiger partial charge in [0.2, 0.25) is 5.78 Å². The van der Waals surface area contributed by atoms with Gasteiger partial charge in [0, 0.05) is 48.7 Å². The van der Waals surface area contributed by atoms with E-state index in [2.05, 4.69) is 10.00 Å². The van der Waals surface area contributed by atoms with Crippen molar-refractivity contribution in [3.63, 3.8) is 0 Å². The Hall–Kier alpha value is -1.60.